The Bertz CT molecular complexity index is 1070. The smallest absolute Gasteiger partial charge is 0.266 e. The maximum atomic E-state index is 12.0. The molecule has 1 aromatic heterocycles. The van der Waals surface area contributed by atoms with E-state index < -0.39 is 5.56 Å². The summed E-state index contributed by atoms with van der Waals surface area (Å²) in [7, 11) is 1.56. The Labute approximate surface area is 165 Å². The fraction of sp³-hybridized carbons (Fsp3) is 0.143. The Kier molecular flexibility index (Phi) is 5.63. The van der Waals surface area contributed by atoms with Crippen LogP contribution in [0.15, 0.2) is 57.8 Å². The zero-order valence-electron chi connectivity index (χ0n) is 14.9. The summed E-state index contributed by atoms with van der Waals surface area (Å²) in [6.07, 6.45) is 0. The molecule has 0 unspecified atom stereocenters. The molecule has 136 valence electrons. The molecule has 2 aromatic carbocycles. The highest BCUT2D eigenvalue weighted by molar-refractivity contribution is 9.10. The fourth-order valence-corrected chi connectivity index (χ4v) is 2.99. The van der Waals surface area contributed by atoms with Crippen molar-refractivity contribution >= 4 is 15.9 Å². The predicted molar refractivity (Wildman–Crippen MR) is 107 cm³/mol. The van der Waals surface area contributed by atoms with Crippen LogP contribution in [0.25, 0.3) is 11.1 Å². The second-order valence-electron chi connectivity index (χ2n) is 5.96. The van der Waals surface area contributed by atoms with E-state index in [1.54, 1.807) is 32.2 Å². The molecule has 27 heavy (non-hydrogen) atoms. The Morgan fingerprint density at radius 1 is 1.11 bits per heavy atom. The fourth-order valence-electron chi connectivity index (χ4n) is 2.72. The highest BCUT2D eigenvalue weighted by Gasteiger charge is 2.13. The van der Waals surface area contributed by atoms with Gasteiger partial charge in [-0.1, -0.05) is 34.1 Å². The number of nitrogens with zero attached hydrogens (tertiary/aromatic N) is 1. The lowest BCUT2D eigenvalue weighted by Gasteiger charge is -2.13. The molecular weight excluding hydrogens is 408 g/mol. The Hall–Kier alpha value is -3.04. The number of methoxy groups -OCH3 is 1. The SMILES string of the molecule is COc1cc(-c2cc(C)[nH]c(=O)c2C#N)ccc1OCc1ccc(Br)cc1. The molecule has 0 aliphatic carbocycles. The second kappa shape index (κ2) is 8.11. The molecule has 0 aliphatic rings. The lowest BCUT2D eigenvalue weighted by Crippen LogP contribution is -2.12. The topological polar surface area (TPSA) is 75.1 Å². The standard InChI is InChI=1S/C21H17BrN2O3/c1-13-9-17(18(11-23)21(25)24-13)15-5-8-19(20(10-15)26-2)27-12-14-3-6-16(22)7-4-14/h3-10H,12H2,1-2H3,(H,24,25). The van der Waals surface area contributed by atoms with E-state index in [-0.39, 0.29) is 5.56 Å². The minimum absolute atomic E-state index is 0.0752. The molecule has 0 fully saturated rings. The molecule has 0 saturated carbocycles. The average molecular weight is 425 g/mol. The summed E-state index contributed by atoms with van der Waals surface area (Å²) in [5.74, 6) is 1.12. The van der Waals surface area contributed by atoms with Crippen LogP contribution in [0.3, 0.4) is 0 Å². The summed E-state index contributed by atoms with van der Waals surface area (Å²) in [4.78, 5) is 14.7. The van der Waals surface area contributed by atoms with Crippen molar-refractivity contribution in [2.75, 3.05) is 7.11 Å². The molecule has 1 N–H and O–H groups in total. The molecule has 1 heterocycles. The van der Waals surface area contributed by atoms with Gasteiger partial charge in [-0.05, 0) is 48.4 Å². The number of aromatic nitrogens is 1. The van der Waals surface area contributed by atoms with E-state index >= 15 is 0 Å². The highest BCUT2D eigenvalue weighted by atomic mass is 79.9. The lowest BCUT2D eigenvalue weighted by molar-refractivity contribution is 0.284. The quantitative estimate of drug-likeness (QED) is 0.650. The normalized spacial score (nSPS) is 10.3. The highest BCUT2D eigenvalue weighted by Crippen LogP contribution is 2.34. The molecule has 0 amide bonds. The van der Waals surface area contributed by atoms with Gasteiger partial charge in [-0.2, -0.15) is 5.26 Å². The summed E-state index contributed by atoms with van der Waals surface area (Å²) in [6, 6.07) is 17.0. The van der Waals surface area contributed by atoms with Crippen LogP contribution in [0, 0.1) is 18.3 Å². The van der Waals surface area contributed by atoms with Gasteiger partial charge in [0, 0.05) is 15.7 Å². The van der Waals surface area contributed by atoms with Gasteiger partial charge < -0.3 is 14.5 Å². The van der Waals surface area contributed by atoms with Gasteiger partial charge in [-0.25, -0.2) is 0 Å². The number of H-pyrrole nitrogens is 1. The lowest BCUT2D eigenvalue weighted by atomic mass is 10.0. The van der Waals surface area contributed by atoms with Gasteiger partial charge in [0.15, 0.2) is 11.5 Å². The van der Waals surface area contributed by atoms with Crippen LogP contribution in [-0.4, -0.2) is 12.1 Å². The average Bonchev–Trinajstić information content (AvgIpc) is 2.67. The molecule has 3 aromatic rings. The molecule has 0 aliphatic heterocycles. The number of aromatic amines is 1. The number of hydrogen-bond acceptors (Lipinski definition) is 4. The van der Waals surface area contributed by atoms with Crippen molar-refractivity contribution < 1.29 is 9.47 Å². The summed E-state index contributed by atoms with van der Waals surface area (Å²) in [5, 5.41) is 9.33. The first-order chi connectivity index (χ1) is 13.0. The van der Waals surface area contributed by atoms with E-state index in [4.69, 9.17) is 9.47 Å². The predicted octanol–water partition coefficient (Wildman–Crippen LogP) is 4.57. The number of aryl methyl sites for hydroxylation is 1. The molecule has 0 atom stereocenters. The first-order valence-electron chi connectivity index (χ1n) is 8.21. The van der Waals surface area contributed by atoms with Crippen LogP contribution >= 0.6 is 15.9 Å². The van der Waals surface area contributed by atoms with Crippen molar-refractivity contribution in [1.29, 1.82) is 5.26 Å². The van der Waals surface area contributed by atoms with Crippen LogP contribution < -0.4 is 15.0 Å². The molecule has 0 bridgehead atoms. The van der Waals surface area contributed by atoms with E-state index in [0.29, 0.717) is 34.9 Å². The van der Waals surface area contributed by atoms with Crippen LogP contribution in [0.1, 0.15) is 16.8 Å². The van der Waals surface area contributed by atoms with Gasteiger partial charge in [0.05, 0.1) is 7.11 Å². The Balaban J connectivity index is 1.92. The Morgan fingerprint density at radius 3 is 2.52 bits per heavy atom. The second-order valence-corrected chi connectivity index (χ2v) is 6.88. The molecule has 3 rings (SSSR count). The number of halogens is 1. The van der Waals surface area contributed by atoms with Crippen molar-refractivity contribution in [3.63, 3.8) is 0 Å². The van der Waals surface area contributed by atoms with Crippen LogP contribution in [0.2, 0.25) is 0 Å². The zero-order chi connectivity index (χ0) is 19.4. The van der Waals surface area contributed by atoms with Crippen LogP contribution in [-0.2, 0) is 6.61 Å². The molecule has 0 spiro atoms. The van der Waals surface area contributed by atoms with Gasteiger partial charge in [-0.3, -0.25) is 4.79 Å². The van der Waals surface area contributed by atoms with Crippen molar-refractivity contribution in [2.24, 2.45) is 0 Å². The van der Waals surface area contributed by atoms with Crippen LogP contribution in [0.4, 0.5) is 0 Å². The summed E-state index contributed by atoms with van der Waals surface area (Å²) in [5.41, 5.74) is 2.67. The van der Waals surface area contributed by atoms with Gasteiger partial charge in [-0.15, -0.1) is 0 Å². The van der Waals surface area contributed by atoms with Crippen molar-refractivity contribution in [3.8, 4) is 28.7 Å². The van der Waals surface area contributed by atoms with Gasteiger partial charge in [0.1, 0.15) is 18.2 Å². The number of benzene rings is 2. The molecule has 0 saturated heterocycles. The minimum Gasteiger partial charge on any atom is -0.493 e. The van der Waals surface area contributed by atoms with Crippen molar-refractivity contribution in [1.82, 2.24) is 4.98 Å². The maximum Gasteiger partial charge on any atom is 0.266 e. The number of hydrogen-bond donors (Lipinski definition) is 1. The Morgan fingerprint density at radius 2 is 1.85 bits per heavy atom. The number of pyridine rings is 1. The van der Waals surface area contributed by atoms with Gasteiger partial charge >= 0.3 is 0 Å². The first-order valence-corrected chi connectivity index (χ1v) is 9.01. The van der Waals surface area contributed by atoms with E-state index in [9.17, 15) is 10.1 Å². The van der Waals surface area contributed by atoms with Gasteiger partial charge in [0.25, 0.3) is 5.56 Å². The van der Waals surface area contributed by atoms with E-state index in [1.807, 2.05) is 36.4 Å². The molecule has 0 radical (unpaired) electrons. The largest absolute Gasteiger partial charge is 0.493 e. The number of rotatable bonds is 5. The summed E-state index contributed by atoms with van der Waals surface area (Å²) >= 11 is 3.41. The van der Waals surface area contributed by atoms with Gasteiger partial charge in [0.2, 0.25) is 0 Å². The van der Waals surface area contributed by atoms with Crippen molar-refractivity contribution in [3.05, 3.63) is 80.2 Å². The monoisotopic (exact) mass is 424 g/mol. The number of nitrogens with one attached hydrogen (secondary N) is 1. The van der Waals surface area contributed by atoms with Crippen LogP contribution in [0.5, 0.6) is 11.5 Å². The van der Waals surface area contributed by atoms with Crippen molar-refractivity contribution in [2.45, 2.75) is 13.5 Å². The third-order valence-corrected chi connectivity index (χ3v) is 4.59. The number of nitriles is 1. The third kappa shape index (κ3) is 4.21. The molecule has 5 nitrogen and oxygen atoms in total. The minimum atomic E-state index is -0.401. The third-order valence-electron chi connectivity index (χ3n) is 4.06. The van der Waals surface area contributed by atoms with E-state index in [2.05, 4.69) is 20.9 Å². The summed E-state index contributed by atoms with van der Waals surface area (Å²) < 4.78 is 12.3. The molecule has 6 heteroatoms. The number of ether oxygens (including phenoxy) is 2. The maximum absolute atomic E-state index is 12.0. The molecular formula is C21H17BrN2O3. The van der Waals surface area contributed by atoms with E-state index in [0.717, 1.165) is 10.0 Å². The zero-order valence-corrected chi connectivity index (χ0v) is 16.5. The first kappa shape index (κ1) is 18.7. The van der Waals surface area contributed by atoms with E-state index in [1.165, 1.54) is 0 Å². The summed E-state index contributed by atoms with van der Waals surface area (Å²) in [6.45, 7) is 2.18.